The predicted octanol–water partition coefficient (Wildman–Crippen LogP) is 4.30. The summed E-state index contributed by atoms with van der Waals surface area (Å²) in [5, 5.41) is 6.26. The third kappa shape index (κ3) is 3.93. The molecular weight excluding hydrogens is 427 g/mol. The number of para-hydroxylation sites is 1. The van der Waals surface area contributed by atoms with Crippen LogP contribution in [-0.4, -0.2) is 37.0 Å². The fourth-order valence-electron chi connectivity index (χ4n) is 3.00. The van der Waals surface area contributed by atoms with Gasteiger partial charge in [0.05, 0.1) is 29.7 Å². The van der Waals surface area contributed by atoms with Crippen LogP contribution in [0.4, 0.5) is 15.8 Å². The van der Waals surface area contributed by atoms with Crippen molar-refractivity contribution in [1.82, 2.24) is 15.3 Å². The number of aromatic nitrogens is 2. The lowest BCUT2D eigenvalue weighted by atomic mass is 10.1. The van der Waals surface area contributed by atoms with Gasteiger partial charge in [0.25, 0.3) is 0 Å². The quantitative estimate of drug-likeness (QED) is 0.449. The van der Waals surface area contributed by atoms with Crippen LogP contribution in [0.3, 0.4) is 0 Å². The molecule has 8 heteroatoms. The van der Waals surface area contributed by atoms with Gasteiger partial charge >= 0.3 is 0 Å². The highest BCUT2D eigenvalue weighted by Crippen LogP contribution is 2.40. The van der Waals surface area contributed by atoms with Crippen LogP contribution in [0.25, 0.3) is 11.3 Å². The molecule has 3 N–H and O–H groups in total. The van der Waals surface area contributed by atoms with Crippen LogP contribution >= 0.6 is 15.9 Å². The van der Waals surface area contributed by atoms with Gasteiger partial charge in [-0.05, 0) is 41.2 Å². The number of halogens is 2. The molecule has 0 atom stereocenters. The van der Waals surface area contributed by atoms with Crippen LogP contribution in [0, 0.1) is 5.82 Å². The molecule has 28 heavy (non-hydrogen) atoms. The Morgan fingerprint density at radius 2 is 2.18 bits per heavy atom. The highest BCUT2D eigenvalue weighted by atomic mass is 79.9. The minimum absolute atomic E-state index is 0.0806. The molecule has 146 valence electrons. The number of ether oxygens (including phenoxy) is 1. The Morgan fingerprint density at radius 1 is 1.36 bits per heavy atom. The van der Waals surface area contributed by atoms with Crippen molar-refractivity contribution in [2.45, 2.75) is 6.42 Å². The van der Waals surface area contributed by atoms with Crippen molar-refractivity contribution < 1.29 is 13.9 Å². The van der Waals surface area contributed by atoms with Gasteiger partial charge in [0.2, 0.25) is 0 Å². The number of anilines is 2. The maximum Gasteiger partial charge on any atom is 0.177 e. The molecule has 3 rings (SSSR count). The summed E-state index contributed by atoms with van der Waals surface area (Å²) in [6.45, 7) is 0.695. The highest BCUT2D eigenvalue weighted by Gasteiger charge is 2.21. The lowest BCUT2D eigenvalue weighted by Gasteiger charge is -2.13. The van der Waals surface area contributed by atoms with Crippen LogP contribution < -0.4 is 15.4 Å². The molecule has 0 saturated heterocycles. The molecule has 0 fully saturated rings. The topological polar surface area (TPSA) is 79.0 Å². The number of aromatic amines is 1. The summed E-state index contributed by atoms with van der Waals surface area (Å²) >= 11 is 3.51. The van der Waals surface area contributed by atoms with E-state index in [9.17, 15) is 9.18 Å². The third-order valence-electron chi connectivity index (χ3n) is 4.34. The smallest absolute Gasteiger partial charge is 0.177 e. The maximum absolute atomic E-state index is 14.1. The number of aldehydes is 1. The van der Waals surface area contributed by atoms with Crippen molar-refractivity contribution in [1.29, 1.82) is 0 Å². The molecule has 0 unspecified atom stereocenters. The molecule has 0 amide bonds. The second-order valence-corrected chi connectivity index (χ2v) is 6.89. The fraction of sp³-hybridized carbons (Fsp3) is 0.200. The van der Waals surface area contributed by atoms with Crippen molar-refractivity contribution >= 4 is 33.6 Å². The molecule has 6 nitrogen and oxygen atoms in total. The van der Waals surface area contributed by atoms with Crippen LogP contribution in [0.5, 0.6) is 5.75 Å². The first kappa shape index (κ1) is 20.0. The number of H-pyrrole nitrogens is 1. The first-order chi connectivity index (χ1) is 13.6. The van der Waals surface area contributed by atoms with E-state index in [2.05, 4.69) is 36.5 Å². The van der Waals surface area contributed by atoms with Gasteiger partial charge in [0.1, 0.15) is 0 Å². The number of nitrogens with one attached hydrogen (secondary N) is 3. The molecule has 1 aromatic carbocycles. The van der Waals surface area contributed by atoms with E-state index in [0.717, 1.165) is 22.0 Å². The van der Waals surface area contributed by atoms with Crippen molar-refractivity contribution in [3.63, 3.8) is 0 Å². The third-order valence-corrected chi connectivity index (χ3v) is 4.97. The lowest BCUT2D eigenvalue weighted by Crippen LogP contribution is -2.11. The summed E-state index contributed by atoms with van der Waals surface area (Å²) in [7, 11) is 3.25. The van der Waals surface area contributed by atoms with Crippen molar-refractivity contribution in [3.8, 4) is 17.0 Å². The summed E-state index contributed by atoms with van der Waals surface area (Å²) in [5.41, 5.74) is 3.77. The van der Waals surface area contributed by atoms with Crippen LogP contribution in [0.1, 0.15) is 16.1 Å². The zero-order valence-electron chi connectivity index (χ0n) is 15.5. The van der Waals surface area contributed by atoms with Crippen molar-refractivity contribution in [2.75, 3.05) is 26.0 Å². The number of carbonyl (C=O) groups is 1. The second kappa shape index (κ2) is 8.99. The van der Waals surface area contributed by atoms with E-state index in [-0.39, 0.29) is 5.75 Å². The number of pyridine rings is 1. The lowest BCUT2D eigenvalue weighted by molar-refractivity contribution is 0.112. The Balaban J connectivity index is 2.18. The standard InChI is InChI=1S/C20H20BrFN4O2/c1-23-8-7-16-13(11-27)19(18(25-16)12-6-9-24-10-14(12)21)26-17-5-3-4-15(22)20(17)28-2/h3-6,9-11,23,25-26H,7-8H2,1-2H3. The monoisotopic (exact) mass is 446 g/mol. The molecule has 3 aromatic rings. The first-order valence-corrected chi connectivity index (χ1v) is 9.44. The van der Waals surface area contributed by atoms with Crippen molar-refractivity contribution in [3.05, 3.63) is 58.2 Å². The number of hydrogen-bond acceptors (Lipinski definition) is 5. The minimum Gasteiger partial charge on any atom is -0.492 e. The molecule has 2 heterocycles. The SMILES string of the molecule is CNCCc1[nH]c(-c2ccncc2Br)c(Nc2cccc(F)c2OC)c1C=O. The molecule has 0 bridgehead atoms. The van der Waals surface area contributed by atoms with Gasteiger partial charge in [-0.25, -0.2) is 4.39 Å². The number of methoxy groups -OCH3 is 1. The van der Waals surface area contributed by atoms with Crippen LogP contribution in [-0.2, 0) is 6.42 Å². The van der Waals surface area contributed by atoms with E-state index >= 15 is 0 Å². The number of carbonyl (C=O) groups excluding carboxylic acids is 1. The Labute approximate surface area is 170 Å². The van der Waals surface area contributed by atoms with Gasteiger partial charge in [0.15, 0.2) is 17.9 Å². The Kier molecular flexibility index (Phi) is 6.43. The van der Waals surface area contributed by atoms with Gasteiger partial charge < -0.3 is 20.4 Å². The van der Waals surface area contributed by atoms with Gasteiger partial charge in [-0.3, -0.25) is 9.78 Å². The number of benzene rings is 1. The van der Waals surface area contributed by atoms with Gasteiger partial charge in [-0.1, -0.05) is 6.07 Å². The maximum atomic E-state index is 14.1. The summed E-state index contributed by atoms with van der Waals surface area (Å²) < 4.78 is 20.1. The summed E-state index contributed by atoms with van der Waals surface area (Å²) in [6.07, 6.45) is 4.77. The molecule has 0 aliphatic carbocycles. The molecular formula is C20H20BrFN4O2. The van der Waals surface area contributed by atoms with E-state index in [1.54, 1.807) is 24.5 Å². The number of nitrogens with zero attached hydrogens (tertiary/aromatic N) is 1. The second-order valence-electron chi connectivity index (χ2n) is 6.04. The predicted molar refractivity (Wildman–Crippen MR) is 111 cm³/mol. The number of hydrogen-bond donors (Lipinski definition) is 3. The Morgan fingerprint density at radius 3 is 2.86 bits per heavy atom. The molecule has 0 aliphatic rings. The molecule has 0 spiro atoms. The average molecular weight is 447 g/mol. The van der Waals surface area contributed by atoms with E-state index in [1.165, 1.54) is 13.2 Å². The Hall–Kier alpha value is -2.71. The van der Waals surface area contributed by atoms with E-state index < -0.39 is 5.82 Å². The summed E-state index contributed by atoms with van der Waals surface area (Å²) in [6, 6.07) is 6.43. The zero-order chi connectivity index (χ0) is 20.1. The minimum atomic E-state index is -0.488. The molecule has 0 saturated carbocycles. The van der Waals surface area contributed by atoms with E-state index in [1.807, 2.05) is 13.1 Å². The van der Waals surface area contributed by atoms with Crippen LogP contribution in [0.2, 0.25) is 0 Å². The van der Waals surface area contributed by atoms with Gasteiger partial charge in [0, 0.05) is 41.1 Å². The van der Waals surface area contributed by atoms with E-state index in [4.69, 9.17) is 4.74 Å². The highest BCUT2D eigenvalue weighted by molar-refractivity contribution is 9.10. The molecule has 2 aromatic heterocycles. The zero-order valence-corrected chi connectivity index (χ0v) is 17.1. The fourth-order valence-corrected chi connectivity index (χ4v) is 3.45. The van der Waals surface area contributed by atoms with E-state index in [0.29, 0.717) is 35.6 Å². The van der Waals surface area contributed by atoms with Crippen LogP contribution in [0.15, 0.2) is 41.1 Å². The van der Waals surface area contributed by atoms with Gasteiger partial charge in [-0.15, -0.1) is 0 Å². The number of likely N-dealkylation sites (N-methyl/N-ethyl adjacent to an activating group) is 1. The molecule has 0 aliphatic heterocycles. The molecule has 0 radical (unpaired) electrons. The summed E-state index contributed by atoms with van der Waals surface area (Å²) in [4.78, 5) is 19.4. The largest absolute Gasteiger partial charge is 0.492 e. The first-order valence-electron chi connectivity index (χ1n) is 8.64. The number of rotatable bonds is 8. The average Bonchev–Trinajstić information content (AvgIpc) is 3.04. The Bertz CT molecular complexity index is 990. The van der Waals surface area contributed by atoms with Crippen molar-refractivity contribution in [2.24, 2.45) is 0 Å². The normalized spacial score (nSPS) is 10.7. The summed E-state index contributed by atoms with van der Waals surface area (Å²) in [5.74, 6) is -0.408. The van der Waals surface area contributed by atoms with Gasteiger partial charge in [-0.2, -0.15) is 0 Å².